The van der Waals surface area contributed by atoms with E-state index in [9.17, 15) is 29.3 Å². The Kier molecular flexibility index (Phi) is 14.5. The zero-order valence-corrected chi connectivity index (χ0v) is 26.9. The second-order valence-electron chi connectivity index (χ2n) is 9.75. The number of non-ortho nitro benzene ring substituents is 1. The quantitative estimate of drug-likeness (QED) is 0.109. The molecule has 3 N–H and O–H groups in total. The summed E-state index contributed by atoms with van der Waals surface area (Å²) in [6, 6.07) is 12.0. The van der Waals surface area contributed by atoms with Gasteiger partial charge in [0.25, 0.3) is 17.5 Å². The lowest BCUT2D eigenvalue weighted by Crippen LogP contribution is -2.34. The largest absolute Gasteiger partial charge is 0.460 e. The van der Waals surface area contributed by atoms with Crippen LogP contribution in [0.3, 0.4) is 0 Å². The number of hydrogen-bond donors (Lipinski definition) is 3. The molecule has 0 unspecified atom stereocenters. The summed E-state index contributed by atoms with van der Waals surface area (Å²) in [5, 5.41) is 19.8. The number of carbonyl (C=O) groups is 4. The molecule has 0 spiro atoms. The van der Waals surface area contributed by atoms with Gasteiger partial charge in [-0.25, -0.2) is 9.59 Å². The third kappa shape index (κ3) is 9.82. The van der Waals surface area contributed by atoms with Crippen LogP contribution in [0.5, 0.6) is 0 Å². The van der Waals surface area contributed by atoms with Crippen LogP contribution in [0.2, 0.25) is 0 Å². The van der Waals surface area contributed by atoms with Gasteiger partial charge in [0.2, 0.25) is 0 Å². The summed E-state index contributed by atoms with van der Waals surface area (Å²) in [6.45, 7) is 2.84. The monoisotopic (exact) mass is 686 g/mol. The van der Waals surface area contributed by atoms with E-state index in [-0.39, 0.29) is 73.5 Å². The Morgan fingerprint density at radius 3 is 1.72 bits per heavy atom. The van der Waals surface area contributed by atoms with E-state index in [1.54, 1.807) is 44.2 Å². The maximum Gasteiger partial charge on any atom is 0.336 e. The van der Waals surface area contributed by atoms with Gasteiger partial charge in [0, 0.05) is 48.3 Å². The fourth-order valence-electron chi connectivity index (χ4n) is 4.66. The average molecular weight is 688 g/mol. The number of nitro benzene ring substituents is 1. The number of rotatable bonds is 12. The Morgan fingerprint density at radius 2 is 1.30 bits per heavy atom. The number of benzene rings is 1. The summed E-state index contributed by atoms with van der Waals surface area (Å²) in [6.07, 6.45) is 5.87. The van der Waals surface area contributed by atoms with Crippen LogP contribution in [0, 0.1) is 10.1 Å². The van der Waals surface area contributed by atoms with Gasteiger partial charge in [0.1, 0.15) is 13.2 Å². The minimum absolute atomic E-state index is 0. The molecule has 0 saturated carbocycles. The van der Waals surface area contributed by atoms with Crippen molar-refractivity contribution in [2.75, 3.05) is 26.3 Å². The molecule has 2 aromatic heterocycles. The number of esters is 2. The third-order valence-corrected chi connectivity index (χ3v) is 6.70. The topological polar surface area (TPSA) is 192 Å². The molecule has 47 heavy (non-hydrogen) atoms. The van der Waals surface area contributed by atoms with Crippen LogP contribution in [0.15, 0.2) is 95.9 Å². The zero-order valence-electron chi connectivity index (χ0n) is 25.3. The summed E-state index contributed by atoms with van der Waals surface area (Å²) < 4.78 is 10.9. The van der Waals surface area contributed by atoms with Crippen LogP contribution in [-0.4, -0.2) is 64.9 Å². The number of aromatic nitrogens is 2. The first-order chi connectivity index (χ1) is 21.7. The van der Waals surface area contributed by atoms with Gasteiger partial charge in [-0.2, -0.15) is 0 Å². The minimum atomic E-state index is -1.08. The summed E-state index contributed by atoms with van der Waals surface area (Å²) in [7, 11) is 0. The molecule has 0 radical (unpaired) electrons. The minimum Gasteiger partial charge on any atom is -0.460 e. The van der Waals surface area contributed by atoms with Crippen LogP contribution in [0.4, 0.5) is 5.69 Å². The number of nitrogens with zero attached hydrogens (tertiary/aromatic N) is 3. The van der Waals surface area contributed by atoms with Crippen LogP contribution in [-0.2, 0) is 19.1 Å². The van der Waals surface area contributed by atoms with Crippen molar-refractivity contribution in [1.29, 1.82) is 0 Å². The smallest absolute Gasteiger partial charge is 0.336 e. The van der Waals surface area contributed by atoms with Crippen molar-refractivity contribution in [2.45, 2.75) is 19.8 Å². The van der Waals surface area contributed by atoms with Crippen LogP contribution >= 0.6 is 24.8 Å². The molecule has 3 heterocycles. The van der Waals surface area contributed by atoms with E-state index in [1.807, 2.05) is 0 Å². The molecular formula is C31H32Cl2N6O8. The number of carbonyl (C=O) groups excluding carboxylic acids is 4. The van der Waals surface area contributed by atoms with E-state index < -0.39 is 34.6 Å². The number of amides is 2. The number of ether oxygens (including phenoxy) is 2. The highest BCUT2D eigenvalue weighted by Crippen LogP contribution is 2.40. The fourth-order valence-corrected chi connectivity index (χ4v) is 4.66. The molecule has 1 aliphatic heterocycles. The Balaban J connectivity index is 0.00000384. The normalized spacial score (nSPS) is 12.5. The van der Waals surface area contributed by atoms with Gasteiger partial charge in [-0.05, 0) is 43.7 Å². The first-order valence-electron chi connectivity index (χ1n) is 13.8. The maximum atomic E-state index is 13.5. The molecule has 1 aliphatic rings. The van der Waals surface area contributed by atoms with Gasteiger partial charge in [0.05, 0.1) is 46.2 Å². The molecule has 1 aromatic carbocycles. The number of halogens is 2. The second-order valence-corrected chi connectivity index (χ2v) is 9.75. The van der Waals surface area contributed by atoms with Gasteiger partial charge >= 0.3 is 11.9 Å². The van der Waals surface area contributed by atoms with E-state index in [0.29, 0.717) is 22.5 Å². The number of hydrogen-bond acceptors (Lipinski definition) is 11. The Bertz CT molecular complexity index is 1580. The van der Waals surface area contributed by atoms with Crippen molar-refractivity contribution in [3.63, 3.8) is 0 Å². The highest BCUT2D eigenvalue weighted by Gasteiger charge is 2.38. The van der Waals surface area contributed by atoms with Gasteiger partial charge in [-0.1, -0.05) is 12.1 Å². The lowest BCUT2D eigenvalue weighted by molar-refractivity contribution is -0.384. The van der Waals surface area contributed by atoms with Gasteiger partial charge in [-0.3, -0.25) is 29.7 Å². The van der Waals surface area contributed by atoms with Crippen molar-refractivity contribution in [2.24, 2.45) is 0 Å². The predicted octanol–water partition coefficient (Wildman–Crippen LogP) is 3.41. The number of dihydropyridines is 1. The van der Waals surface area contributed by atoms with Gasteiger partial charge < -0.3 is 25.4 Å². The number of pyridine rings is 2. The van der Waals surface area contributed by atoms with E-state index in [4.69, 9.17) is 9.47 Å². The standard InChI is InChI=1S/C31H30N6O8.2ClH/c1-19-25(30(40)44-14-12-34-28(38)22-7-4-10-32-17-22)27(21-6-3-9-24(16-21)37(42)43)26(20(2)36-19)31(41)45-15-13-35-29(39)23-8-5-11-33-18-23;;/h3-11,16-18,27,36H,12-15H2,1-2H3,(H,34,38)(H,35,39);2*1H. The number of allylic oxidation sites excluding steroid dienone is 2. The molecular weight excluding hydrogens is 655 g/mol. The Hall–Kier alpha value is -5.34. The lowest BCUT2D eigenvalue weighted by Gasteiger charge is -2.30. The first-order valence-corrected chi connectivity index (χ1v) is 13.8. The second kappa shape index (κ2) is 18.0. The van der Waals surface area contributed by atoms with Crippen molar-refractivity contribution in [1.82, 2.24) is 25.9 Å². The van der Waals surface area contributed by atoms with Crippen molar-refractivity contribution in [3.05, 3.63) is 123 Å². The van der Waals surface area contributed by atoms with Crippen LogP contribution in [0.25, 0.3) is 0 Å². The molecule has 0 bridgehead atoms. The molecule has 14 nitrogen and oxygen atoms in total. The third-order valence-electron chi connectivity index (χ3n) is 6.70. The number of nitro groups is 1. The molecule has 0 saturated heterocycles. The summed E-state index contributed by atoms with van der Waals surface area (Å²) in [4.78, 5) is 70.3. The van der Waals surface area contributed by atoms with Crippen molar-refractivity contribution < 1.29 is 33.6 Å². The van der Waals surface area contributed by atoms with Crippen molar-refractivity contribution in [3.8, 4) is 0 Å². The van der Waals surface area contributed by atoms with Gasteiger partial charge in [0.15, 0.2) is 0 Å². The fraction of sp³-hybridized carbons (Fsp3) is 0.226. The molecule has 16 heteroatoms. The molecule has 248 valence electrons. The zero-order chi connectivity index (χ0) is 32.3. The molecule has 0 atom stereocenters. The highest BCUT2D eigenvalue weighted by molar-refractivity contribution is 6.00. The van der Waals surface area contributed by atoms with Gasteiger partial charge in [-0.15, -0.1) is 24.8 Å². The van der Waals surface area contributed by atoms with Crippen LogP contribution < -0.4 is 16.0 Å². The molecule has 0 aliphatic carbocycles. The first kappa shape index (κ1) is 37.8. The Labute approximate surface area is 282 Å². The Morgan fingerprint density at radius 1 is 0.809 bits per heavy atom. The van der Waals surface area contributed by atoms with E-state index >= 15 is 0 Å². The molecule has 0 fully saturated rings. The lowest BCUT2D eigenvalue weighted by atomic mass is 9.80. The highest BCUT2D eigenvalue weighted by atomic mass is 35.5. The van der Waals surface area contributed by atoms with Crippen molar-refractivity contribution >= 4 is 54.3 Å². The van der Waals surface area contributed by atoms with Crippen LogP contribution in [0.1, 0.15) is 46.0 Å². The number of nitrogens with one attached hydrogen (secondary N) is 3. The molecule has 3 aromatic rings. The van der Waals surface area contributed by atoms with E-state index in [1.165, 1.54) is 43.0 Å². The average Bonchev–Trinajstić information content (AvgIpc) is 3.05. The SMILES string of the molecule is CC1=C(C(=O)OCCNC(=O)c2cccnc2)C(c2cccc([N+](=O)[O-])c2)C(C(=O)OCCNC(=O)c2cccnc2)=C(C)N1.Cl.Cl. The molecule has 4 rings (SSSR count). The van der Waals surface area contributed by atoms with E-state index in [0.717, 1.165) is 0 Å². The summed E-state index contributed by atoms with van der Waals surface area (Å²) in [5.41, 5.74) is 1.54. The summed E-state index contributed by atoms with van der Waals surface area (Å²) >= 11 is 0. The summed E-state index contributed by atoms with van der Waals surface area (Å²) in [5.74, 6) is -3.48. The maximum absolute atomic E-state index is 13.5. The molecule has 2 amide bonds. The predicted molar refractivity (Wildman–Crippen MR) is 174 cm³/mol. The van der Waals surface area contributed by atoms with E-state index in [2.05, 4.69) is 25.9 Å².